The minimum atomic E-state index is 0.670. The van der Waals surface area contributed by atoms with Crippen LogP contribution in [0.2, 0.25) is 0 Å². The summed E-state index contributed by atoms with van der Waals surface area (Å²) in [5, 5.41) is 3.10. The van der Waals surface area contributed by atoms with Crippen LogP contribution in [0.25, 0.3) is 111 Å². The molecule has 0 saturated carbocycles. The van der Waals surface area contributed by atoms with Gasteiger partial charge in [-0.05, 0) is 57.6 Å². The number of hydrogen-bond acceptors (Lipinski definition) is 4. The van der Waals surface area contributed by atoms with Crippen LogP contribution in [0.3, 0.4) is 0 Å². The van der Waals surface area contributed by atoms with E-state index in [1.165, 1.54) is 11.1 Å². The van der Waals surface area contributed by atoms with Crippen LogP contribution in [-0.4, -0.2) is 15.0 Å². The van der Waals surface area contributed by atoms with E-state index in [-0.39, 0.29) is 0 Å². The van der Waals surface area contributed by atoms with E-state index in [1.807, 2.05) is 30.3 Å². The number of para-hydroxylation sites is 1. The lowest BCUT2D eigenvalue weighted by Gasteiger charge is -2.12. The van der Waals surface area contributed by atoms with Crippen LogP contribution < -0.4 is 0 Å². The monoisotopic (exact) mass is 753 g/mol. The molecule has 0 amide bonds. The van der Waals surface area contributed by atoms with Gasteiger partial charge in [-0.1, -0.05) is 188 Å². The third kappa shape index (κ3) is 6.43. The zero-order valence-corrected chi connectivity index (χ0v) is 32.0. The van der Waals surface area contributed by atoms with Crippen molar-refractivity contribution in [3.05, 3.63) is 212 Å². The third-order valence-corrected chi connectivity index (χ3v) is 11.1. The predicted molar refractivity (Wildman–Crippen MR) is 243 cm³/mol. The van der Waals surface area contributed by atoms with E-state index < -0.39 is 0 Å². The topological polar surface area (TPSA) is 51.8 Å². The van der Waals surface area contributed by atoms with Gasteiger partial charge in [0.05, 0.1) is 28.0 Å². The maximum Gasteiger partial charge on any atom is 0.160 e. The van der Waals surface area contributed by atoms with Crippen molar-refractivity contribution in [1.29, 1.82) is 0 Å². The summed E-state index contributed by atoms with van der Waals surface area (Å²) in [6.07, 6.45) is 0. The summed E-state index contributed by atoms with van der Waals surface area (Å²) in [6, 6.07) is 73.8. The molecule has 0 bridgehead atoms. The van der Waals surface area contributed by atoms with Gasteiger partial charge in [0.25, 0.3) is 0 Å². The van der Waals surface area contributed by atoms with Gasteiger partial charge < -0.3 is 4.42 Å². The highest BCUT2D eigenvalue weighted by atomic mass is 16.3. The fraction of sp³-hybridized carbons (Fsp3) is 0. The van der Waals surface area contributed by atoms with Gasteiger partial charge in [0.2, 0.25) is 0 Å². The highest BCUT2D eigenvalue weighted by Crippen LogP contribution is 2.40. The molecular formula is C55H35N3O. The number of nitrogens with zero attached hydrogens (tertiary/aromatic N) is 3. The maximum atomic E-state index is 6.52. The molecule has 59 heavy (non-hydrogen) atoms. The van der Waals surface area contributed by atoms with Crippen LogP contribution >= 0.6 is 0 Å². The minimum Gasteiger partial charge on any atom is -0.455 e. The number of rotatable bonds is 7. The molecule has 0 N–H and O–H groups in total. The molecule has 8 aromatic carbocycles. The Balaban J connectivity index is 0.981. The van der Waals surface area contributed by atoms with Crippen LogP contribution in [-0.2, 0) is 0 Å². The van der Waals surface area contributed by atoms with E-state index in [0.29, 0.717) is 5.82 Å². The molecule has 3 aromatic heterocycles. The van der Waals surface area contributed by atoms with E-state index in [4.69, 9.17) is 19.4 Å². The number of pyridine rings is 1. The summed E-state index contributed by atoms with van der Waals surface area (Å²) in [6.45, 7) is 0. The van der Waals surface area contributed by atoms with E-state index >= 15 is 0 Å². The molecule has 0 aliphatic rings. The second kappa shape index (κ2) is 14.5. The van der Waals surface area contributed by atoms with Crippen LogP contribution in [0, 0.1) is 0 Å². The van der Waals surface area contributed by atoms with Gasteiger partial charge in [0, 0.05) is 33.0 Å². The Morgan fingerprint density at radius 1 is 0.305 bits per heavy atom. The van der Waals surface area contributed by atoms with Gasteiger partial charge in [-0.15, -0.1) is 0 Å². The molecule has 4 heteroatoms. The average Bonchev–Trinajstić information content (AvgIpc) is 3.72. The summed E-state index contributed by atoms with van der Waals surface area (Å²) >= 11 is 0. The lowest BCUT2D eigenvalue weighted by atomic mass is 9.99. The molecule has 0 spiro atoms. The van der Waals surface area contributed by atoms with Crippen molar-refractivity contribution in [3.63, 3.8) is 0 Å². The molecule has 0 aliphatic heterocycles. The quantitative estimate of drug-likeness (QED) is 0.163. The summed E-state index contributed by atoms with van der Waals surface area (Å²) in [5.74, 6) is 0.670. The summed E-state index contributed by atoms with van der Waals surface area (Å²) in [7, 11) is 0. The van der Waals surface area contributed by atoms with Crippen molar-refractivity contribution < 1.29 is 4.42 Å². The molecule has 0 aliphatic carbocycles. The van der Waals surface area contributed by atoms with E-state index in [1.54, 1.807) is 0 Å². The number of aromatic nitrogens is 3. The van der Waals surface area contributed by atoms with E-state index in [9.17, 15) is 0 Å². The first-order chi connectivity index (χ1) is 29.2. The Bertz CT molecular complexity index is 3170. The van der Waals surface area contributed by atoms with Crippen LogP contribution in [0.15, 0.2) is 217 Å². The number of benzene rings is 8. The Hall–Kier alpha value is -7.95. The van der Waals surface area contributed by atoms with E-state index in [0.717, 1.165) is 94.4 Å². The van der Waals surface area contributed by atoms with Crippen LogP contribution in [0.4, 0.5) is 0 Å². The molecule has 11 rings (SSSR count). The fourth-order valence-electron chi connectivity index (χ4n) is 8.06. The third-order valence-electron chi connectivity index (χ3n) is 11.1. The molecule has 4 nitrogen and oxygen atoms in total. The van der Waals surface area contributed by atoms with Gasteiger partial charge >= 0.3 is 0 Å². The smallest absolute Gasteiger partial charge is 0.160 e. The average molecular weight is 754 g/mol. The molecular weight excluding hydrogens is 719 g/mol. The summed E-state index contributed by atoms with van der Waals surface area (Å²) in [4.78, 5) is 15.6. The number of hydrogen-bond donors (Lipinski definition) is 0. The number of fused-ring (bicyclic) bond motifs is 5. The van der Waals surface area contributed by atoms with Crippen molar-refractivity contribution >= 4 is 32.8 Å². The second-order valence-corrected chi connectivity index (χ2v) is 14.8. The standard InChI is InChI=1S/C55H35N3O/c1-4-12-36(13-5-1)38-20-26-41(27-21-38)48-35-49(42-28-22-39(23-29-42)37-14-6-2-7-15-37)58-55(57-48)44-30-24-40(25-31-44)45-32-33-46-50(34-45)56-53(43-16-8-3-9-17-43)52-47-18-10-11-19-51(47)59-54(46)52/h1-35H. The molecule has 0 unspecified atom stereocenters. The minimum absolute atomic E-state index is 0.670. The first-order valence-corrected chi connectivity index (χ1v) is 19.8. The van der Waals surface area contributed by atoms with Crippen molar-refractivity contribution in [2.75, 3.05) is 0 Å². The molecule has 276 valence electrons. The van der Waals surface area contributed by atoms with Crippen molar-refractivity contribution in [1.82, 2.24) is 15.0 Å². The molecule has 0 fully saturated rings. The zero-order valence-electron chi connectivity index (χ0n) is 32.0. The van der Waals surface area contributed by atoms with Crippen molar-refractivity contribution in [2.24, 2.45) is 0 Å². The lowest BCUT2D eigenvalue weighted by molar-refractivity contribution is 0.672. The highest BCUT2D eigenvalue weighted by Gasteiger charge is 2.18. The second-order valence-electron chi connectivity index (χ2n) is 14.8. The van der Waals surface area contributed by atoms with Crippen LogP contribution in [0.5, 0.6) is 0 Å². The Labute approximate surface area is 341 Å². The SMILES string of the molecule is c1ccc(-c2ccc(-c3cc(-c4ccc(-c5ccccc5)cc4)nc(-c4ccc(-c5ccc6c(c5)nc(-c5ccccc5)c5c7ccccc7oc65)cc4)n3)cc2)cc1. The van der Waals surface area contributed by atoms with Gasteiger partial charge in [-0.25, -0.2) is 15.0 Å². The molecule has 0 saturated heterocycles. The van der Waals surface area contributed by atoms with Crippen molar-refractivity contribution in [3.8, 4) is 78.5 Å². The number of furan rings is 1. The van der Waals surface area contributed by atoms with E-state index in [2.05, 4.69) is 182 Å². The van der Waals surface area contributed by atoms with Crippen molar-refractivity contribution in [2.45, 2.75) is 0 Å². The van der Waals surface area contributed by atoms with Gasteiger partial charge in [0.1, 0.15) is 11.2 Å². The summed E-state index contributed by atoms with van der Waals surface area (Å²) < 4.78 is 6.52. The van der Waals surface area contributed by atoms with Gasteiger partial charge in [0.15, 0.2) is 5.82 Å². The normalized spacial score (nSPS) is 11.4. The molecule has 3 heterocycles. The van der Waals surface area contributed by atoms with Crippen LogP contribution in [0.1, 0.15) is 0 Å². The Morgan fingerprint density at radius 2 is 0.746 bits per heavy atom. The lowest BCUT2D eigenvalue weighted by Crippen LogP contribution is -1.96. The predicted octanol–water partition coefficient (Wildman–Crippen LogP) is 14.6. The molecule has 0 radical (unpaired) electrons. The fourth-order valence-corrected chi connectivity index (χ4v) is 8.06. The largest absolute Gasteiger partial charge is 0.455 e. The Kier molecular flexibility index (Phi) is 8.45. The summed E-state index contributed by atoms with van der Waals surface area (Å²) in [5.41, 5.74) is 16.2. The van der Waals surface area contributed by atoms with Gasteiger partial charge in [-0.3, -0.25) is 0 Å². The molecule has 11 aromatic rings. The van der Waals surface area contributed by atoms with Gasteiger partial charge in [-0.2, -0.15) is 0 Å². The zero-order chi connectivity index (χ0) is 39.1. The Morgan fingerprint density at radius 3 is 1.32 bits per heavy atom. The first-order valence-electron chi connectivity index (χ1n) is 19.8. The molecule has 0 atom stereocenters. The maximum absolute atomic E-state index is 6.52. The highest BCUT2D eigenvalue weighted by molar-refractivity contribution is 6.19. The first kappa shape index (κ1) is 34.3.